The molecule has 2 rings (SSSR count). The SMILES string of the molecule is Cc1cc(C)n(-c2ccc(=O)n(CC(=O)NC(CO)C(C)C)n2)n1. The summed E-state index contributed by atoms with van der Waals surface area (Å²) in [7, 11) is 0. The third kappa shape index (κ3) is 4.08. The van der Waals surface area contributed by atoms with Crippen LogP contribution in [0.25, 0.3) is 5.82 Å². The van der Waals surface area contributed by atoms with Crippen LogP contribution in [-0.2, 0) is 11.3 Å². The summed E-state index contributed by atoms with van der Waals surface area (Å²) >= 11 is 0. The number of aryl methyl sites for hydroxylation is 2. The minimum Gasteiger partial charge on any atom is -0.394 e. The normalized spacial score (nSPS) is 12.4. The van der Waals surface area contributed by atoms with Crippen molar-refractivity contribution in [3.63, 3.8) is 0 Å². The molecule has 2 aromatic heterocycles. The fourth-order valence-electron chi connectivity index (χ4n) is 2.34. The topological polar surface area (TPSA) is 102 Å². The van der Waals surface area contributed by atoms with Gasteiger partial charge in [0, 0.05) is 11.8 Å². The molecule has 0 saturated heterocycles. The Kier molecular flexibility index (Phi) is 5.50. The molecular weight excluding hydrogens is 310 g/mol. The fraction of sp³-hybridized carbons (Fsp3) is 0.500. The summed E-state index contributed by atoms with van der Waals surface area (Å²) in [4.78, 5) is 24.1. The van der Waals surface area contributed by atoms with Crippen molar-refractivity contribution in [2.24, 2.45) is 5.92 Å². The maximum absolute atomic E-state index is 12.1. The number of hydrogen-bond acceptors (Lipinski definition) is 5. The third-order valence-electron chi connectivity index (χ3n) is 3.72. The van der Waals surface area contributed by atoms with Crippen molar-refractivity contribution in [1.29, 1.82) is 0 Å². The zero-order valence-electron chi connectivity index (χ0n) is 14.4. The number of rotatable bonds is 6. The average Bonchev–Trinajstić information content (AvgIpc) is 2.85. The second-order valence-corrected chi connectivity index (χ2v) is 6.13. The summed E-state index contributed by atoms with van der Waals surface area (Å²) in [6.45, 7) is 7.18. The number of aliphatic hydroxyl groups is 1. The molecule has 0 aliphatic heterocycles. The van der Waals surface area contributed by atoms with Crippen molar-refractivity contribution in [2.45, 2.75) is 40.3 Å². The van der Waals surface area contributed by atoms with Gasteiger partial charge in [-0.25, -0.2) is 9.36 Å². The highest BCUT2D eigenvalue weighted by molar-refractivity contribution is 5.76. The first-order valence-corrected chi connectivity index (χ1v) is 7.84. The highest BCUT2D eigenvalue weighted by atomic mass is 16.3. The summed E-state index contributed by atoms with van der Waals surface area (Å²) < 4.78 is 2.71. The van der Waals surface area contributed by atoms with Crippen molar-refractivity contribution in [2.75, 3.05) is 6.61 Å². The molecule has 8 nitrogen and oxygen atoms in total. The maximum Gasteiger partial charge on any atom is 0.267 e. The van der Waals surface area contributed by atoms with Gasteiger partial charge in [0.2, 0.25) is 5.91 Å². The summed E-state index contributed by atoms with van der Waals surface area (Å²) in [5, 5.41) is 20.5. The minimum absolute atomic E-state index is 0.0877. The Morgan fingerprint density at radius 2 is 2.00 bits per heavy atom. The summed E-state index contributed by atoms with van der Waals surface area (Å²) in [5.41, 5.74) is 1.35. The summed E-state index contributed by atoms with van der Waals surface area (Å²) in [6, 6.07) is 4.48. The fourth-order valence-corrected chi connectivity index (χ4v) is 2.34. The molecule has 0 aliphatic rings. The monoisotopic (exact) mass is 333 g/mol. The zero-order chi connectivity index (χ0) is 17.9. The van der Waals surface area contributed by atoms with Crippen LogP contribution in [0.2, 0.25) is 0 Å². The van der Waals surface area contributed by atoms with Crippen LogP contribution in [0.3, 0.4) is 0 Å². The third-order valence-corrected chi connectivity index (χ3v) is 3.72. The van der Waals surface area contributed by atoms with Gasteiger partial charge in [-0.1, -0.05) is 13.8 Å². The van der Waals surface area contributed by atoms with E-state index in [0.29, 0.717) is 5.82 Å². The van der Waals surface area contributed by atoms with Crippen LogP contribution < -0.4 is 10.9 Å². The quantitative estimate of drug-likeness (QED) is 0.785. The number of aliphatic hydroxyl groups excluding tert-OH is 1. The van der Waals surface area contributed by atoms with Gasteiger partial charge in [0.15, 0.2) is 5.82 Å². The number of nitrogens with one attached hydrogen (secondary N) is 1. The van der Waals surface area contributed by atoms with E-state index in [1.165, 1.54) is 6.07 Å². The molecule has 0 radical (unpaired) electrons. The Morgan fingerprint density at radius 1 is 1.29 bits per heavy atom. The van der Waals surface area contributed by atoms with E-state index in [1.807, 2.05) is 33.8 Å². The van der Waals surface area contributed by atoms with E-state index in [1.54, 1.807) is 10.7 Å². The first-order chi connectivity index (χ1) is 11.3. The van der Waals surface area contributed by atoms with E-state index in [-0.39, 0.29) is 36.6 Å². The summed E-state index contributed by atoms with van der Waals surface area (Å²) in [6.07, 6.45) is 0. The molecule has 0 bridgehead atoms. The molecule has 0 aliphatic carbocycles. The number of carbonyl (C=O) groups is 1. The van der Waals surface area contributed by atoms with Crippen LogP contribution in [0.15, 0.2) is 23.0 Å². The van der Waals surface area contributed by atoms with Gasteiger partial charge in [0.1, 0.15) is 6.54 Å². The van der Waals surface area contributed by atoms with Gasteiger partial charge in [-0.05, 0) is 31.9 Å². The van der Waals surface area contributed by atoms with E-state index < -0.39 is 0 Å². The molecular formula is C16H23N5O3. The van der Waals surface area contributed by atoms with Crippen LogP contribution in [0.5, 0.6) is 0 Å². The number of carbonyl (C=O) groups excluding carboxylic acids is 1. The van der Waals surface area contributed by atoms with E-state index >= 15 is 0 Å². The van der Waals surface area contributed by atoms with Crippen molar-refractivity contribution in [1.82, 2.24) is 24.9 Å². The smallest absolute Gasteiger partial charge is 0.267 e. The van der Waals surface area contributed by atoms with Gasteiger partial charge in [-0.15, -0.1) is 5.10 Å². The molecule has 2 heterocycles. The molecule has 0 spiro atoms. The zero-order valence-corrected chi connectivity index (χ0v) is 14.4. The van der Waals surface area contributed by atoms with E-state index in [2.05, 4.69) is 15.5 Å². The average molecular weight is 333 g/mol. The predicted octanol–water partition coefficient (Wildman–Crippen LogP) is 0.179. The van der Waals surface area contributed by atoms with Gasteiger partial charge < -0.3 is 10.4 Å². The minimum atomic E-state index is -0.375. The number of nitrogens with zero attached hydrogens (tertiary/aromatic N) is 4. The Hall–Kier alpha value is -2.48. The lowest BCUT2D eigenvalue weighted by Gasteiger charge is -2.20. The molecule has 0 fully saturated rings. The molecule has 1 amide bonds. The Bertz CT molecular complexity index is 778. The predicted molar refractivity (Wildman–Crippen MR) is 88.9 cm³/mol. The van der Waals surface area contributed by atoms with E-state index in [0.717, 1.165) is 16.1 Å². The van der Waals surface area contributed by atoms with Gasteiger partial charge in [0.05, 0.1) is 18.3 Å². The van der Waals surface area contributed by atoms with E-state index in [4.69, 9.17) is 0 Å². The molecule has 2 N–H and O–H groups in total. The van der Waals surface area contributed by atoms with Crippen LogP contribution in [0, 0.1) is 19.8 Å². The molecule has 8 heteroatoms. The van der Waals surface area contributed by atoms with Gasteiger partial charge in [0.25, 0.3) is 5.56 Å². The molecule has 130 valence electrons. The van der Waals surface area contributed by atoms with Crippen LogP contribution in [0.1, 0.15) is 25.2 Å². The second kappa shape index (κ2) is 7.39. The lowest BCUT2D eigenvalue weighted by molar-refractivity contribution is -0.123. The molecule has 2 aromatic rings. The lowest BCUT2D eigenvalue weighted by Crippen LogP contribution is -2.44. The van der Waals surface area contributed by atoms with Crippen molar-refractivity contribution in [3.05, 3.63) is 39.9 Å². The second-order valence-electron chi connectivity index (χ2n) is 6.13. The largest absolute Gasteiger partial charge is 0.394 e. The Balaban J connectivity index is 2.22. The highest BCUT2D eigenvalue weighted by Gasteiger charge is 2.16. The Labute approximate surface area is 140 Å². The first-order valence-electron chi connectivity index (χ1n) is 7.84. The molecule has 1 unspecified atom stereocenters. The number of hydrogen-bond donors (Lipinski definition) is 2. The van der Waals surface area contributed by atoms with Crippen molar-refractivity contribution < 1.29 is 9.90 Å². The summed E-state index contributed by atoms with van der Waals surface area (Å²) in [5.74, 6) is 0.183. The lowest BCUT2D eigenvalue weighted by atomic mass is 10.1. The van der Waals surface area contributed by atoms with Crippen LogP contribution in [0.4, 0.5) is 0 Å². The van der Waals surface area contributed by atoms with Crippen molar-refractivity contribution in [3.8, 4) is 5.82 Å². The van der Waals surface area contributed by atoms with Crippen LogP contribution >= 0.6 is 0 Å². The standard InChI is InChI=1S/C16H23N5O3/c1-10(2)13(9-22)17-15(23)8-20-16(24)6-5-14(19-20)21-12(4)7-11(3)18-21/h5-7,10,13,22H,8-9H2,1-4H3,(H,17,23). The number of amides is 1. The number of aromatic nitrogens is 4. The van der Waals surface area contributed by atoms with E-state index in [9.17, 15) is 14.7 Å². The molecule has 1 atom stereocenters. The van der Waals surface area contributed by atoms with Crippen molar-refractivity contribution >= 4 is 5.91 Å². The van der Waals surface area contributed by atoms with Gasteiger partial charge >= 0.3 is 0 Å². The van der Waals surface area contributed by atoms with Gasteiger partial charge in [-0.2, -0.15) is 5.10 Å². The highest BCUT2D eigenvalue weighted by Crippen LogP contribution is 2.07. The molecule has 0 aromatic carbocycles. The first kappa shape index (κ1) is 17.9. The van der Waals surface area contributed by atoms with Gasteiger partial charge in [-0.3, -0.25) is 9.59 Å². The Morgan fingerprint density at radius 3 is 2.54 bits per heavy atom. The molecule has 0 saturated carbocycles. The maximum atomic E-state index is 12.1. The van der Waals surface area contributed by atoms with Crippen LogP contribution in [-0.4, -0.2) is 43.2 Å². The molecule has 24 heavy (non-hydrogen) atoms.